The number of rotatable bonds is 3. The van der Waals surface area contributed by atoms with Gasteiger partial charge in [0.25, 0.3) is 0 Å². The van der Waals surface area contributed by atoms with Gasteiger partial charge >= 0.3 is 0 Å². The number of benzene rings is 1. The predicted octanol–water partition coefficient (Wildman–Crippen LogP) is 2.79. The summed E-state index contributed by atoms with van der Waals surface area (Å²) in [5, 5.41) is 3.65. The molecule has 0 fully saturated rings. The highest BCUT2D eigenvalue weighted by molar-refractivity contribution is 6.16. The molecule has 20 heavy (non-hydrogen) atoms. The van der Waals surface area contributed by atoms with Crippen molar-refractivity contribution in [2.45, 2.75) is 19.3 Å². The molecule has 0 aliphatic rings. The SMILES string of the molecule is Cc1noc(Cn2c(CCl)nc3ccc(F)c(F)c32)n1. The summed E-state index contributed by atoms with van der Waals surface area (Å²) in [5.41, 5.74) is 0.368. The predicted molar refractivity (Wildman–Crippen MR) is 67.3 cm³/mol. The molecule has 8 heteroatoms. The molecule has 0 N–H and O–H groups in total. The van der Waals surface area contributed by atoms with Crippen LogP contribution >= 0.6 is 11.6 Å². The Morgan fingerprint density at radius 2 is 2.10 bits per heavy atom. The Hall–Kier alpha value is -2.02. The standard InChI is InChI=1S/C12H9ClF2N4O/c1-6-16-10(20-18-6)5-19-9(4-13)17-8-3-2-7(14)11(15)12(8)19/h2-3H,4-5H2,1H3. The number of imidazole rings is 1. The van der Waals surface area contributed by atoms with Crippen LogP contribution in [0.3, 0.4) is 0 Å². The van der Waals surface area contributed by atoms with E-state index >= 15 is 0 Å². The van der Waals surface area contributed by atoms with Gasteiger partial charge in [0, 0.05) is 0 Å². The molecule has 0 saturated heterocycles. The van der Waals surface area contributed by atoms with E-state index in [2.05, 4.69) is 15.1 Å². The zero-order chi connectivity index (χ0) is 14.3. The van der Waals surface area contributed by atoms with Crippen LogP contribution in [0.25, 0.3) is 11.0 Å². The lowest BCUT2D eigenvalue weighted by Crippen LogP contribution is -2.05. The average Bonchev–Trinajstić information content (AvgIpc) is 2.99. The van der Waals surface area contributed by atoms with Gasteiger partial charge in [-0.25, -0.2) is 13.8 Å². The van der Waals surface area contributed by atoms with E-state index < -0.39 is 11.6 Å². The van der Waals surface area contributed by atoms with Crippen LogP contribution in [0.1, 0.15) is 17.5 Å². The van der Waals surface area contributed by atoms with Gasteiger partial charge in [0.05, 0.1) is 11.4 Å². The highest BCUT2D eigenvalue weighted by Gasteiger charge is 2.18. The Labute approximate surface area is 117 Å². The Balaban J connectivity index is 2.19. The van der Waals surface area contributed by atoms with Gasteiger partial charge in [-0.05, 0) is 19.1 Å². The summed E-state index contributed by atoms with van der Waals surface area (Å²) in [7, 11) is 0. The van der Waals surface area contributed by atoms with Gasteiger partial charge in [-0.2, -0.15) is 4.98 Å². The number of halogens is 3. The first kappa shape index (κ1) is 13.0. The number of hydrogen-bond acceptors (Lipinski definition) is 4. The summed E-state index contributed by atoms with van der Waals surface area (Å²) in [6.07, 6.45) is 0. The van der Waals surface area contributed by atoms with Crippen LogP contribution in [0.2, 0.25) is 0 Å². The number of alkyl halides is 1. The van der Waals surface area contributed by atoms with E-state index in [1.807, 2.05) is 0 Å². The van der Waals surface area contributed by atoms with Crippen LogP contribution in [0.4, 0.5) is 8.78 Å². The topological polar surface area (TPSA) is 56.7 Å². The summed E-state index contributed by atoms with van der Waals surface area (Å²) in [5.74, 6) is -0.713. The zero-order valence-corrected chi connectivity index (χ0v) is 11.2. The minimum atomic E-state index is -0.970. The van der Waals surface area contributed by atoms with E-state index in [9.17, 15) is 8.78 Å². The number of hydrogen-bond donors (Lipinski definition) is 0. The minimum Gasteiger partial charge on any atom is -0.337 e. The van der Waals surface area contributed by atoms with Crippen molar-refractivity contribution in [1.82, 2.24) is 19.7 Å². The molecule has 3 aromatic rings. The fourth-order valence-corrected chi connectivity index (χ4v) is 2.22. The maximum Gasteiger partial charge on any atom is 0.246 e. The van der Waals surface area contributed by atoms with Gasteiger partial charge < -0.3 is 9.09 Å². The number of nitrogens with zero attached hydrogens (tertiary/aromatic N) is 4. The molecule has 3 rings (SSSR count). The van der Waals surface area contributed by atoms with Crippen molar-refractivity contribution in [3.63, 3.8) is 0 Å². The molecule has 0 unspecified atom stereocenters. The summed E-state index contributed by atoms with van der Waals surface area (Å²) < 4.78 is 33.8. The molecule has 0 aliphatic heterocycles. The van der Waals surface area contributed by atoms with E-state index in [4.69, 9.17) is 16.1 Å². The zero-order valence-electron chi connectivity index (χ0n) is 10.4. The maximum absolute atomic E-state index is 14.0. The van der Waals surface area contributed by atoms with E-state index in [0.717, 1.165) is 6.07 Å². The Morgan fingerprint density at radius 1 is 1.30 bits per heavy atom. The van der Waals surface area contributed by atoms with Crippen molar-refractivity contribution in [2.75, 3.05) is 0 Å². The molecule has 0 bridgehead atoms. The number of aryl methyl sites for hydroxylation is 1. The number of fused-ring (bicyclic) bond motifs is 1. The Kier molecular flexibility index (Phi) is 3.13. The average molecular weight is 299 g/mol. The third kappa shape index (κ3) is 2.03. The van der Waals surface area contributed by atoms with Gasteiger partial charge in [-0.1, -0.05) is 5.16 Å². The first-order chi connectivity index (χ1) is 9.60. The molecular weight excluding hydrogens is 290 g/mol. The van der Waals surface area contributed by atoms with Gasteiger partial charge in [0.15, 0.2) is 17.5 Å². The molecule has 5 nitrogen and oxygen atoms in total. The second kappa shape index (κ2) is 4.82. The highest BCUT2D eigenvalue weighted by atomic mass is 35.5. The monoisotopic (exact) mass is 298 g/mol. The van der Waals surface area contributed by atoms with E-state index in [0.29, 0.717) is 17.2 Å². The third-order valence-corrected chi connectivity index (χ3v) is 3.10. The molecule has 0 radical (unpaired) electrons. The van der Waals surface area contributed by atoms with Crippen molar-refractivity contribution in [1.29, 1.82) is 0 Å². The van der Waals surface area contributed by atoms with Crippen LogP contribution in [0, 0.1) is 18.6 Å². The molecule has 104 valence electrons. The normalized spacial score (nSPS) is 11.4. The van der Waals surface area contributed by atoms with Gasteiger partial charge in [0.1, 0.15) is 17.9 Å². The summed E-state index contributed by atoms with van der Waals surface area (Å²) in [6, 6.07) is 2.43. The molecule has 2 aromatic heterocycles. The quantitative estimate of drug-likeness (QED) is 0.698. The largest absolute Gasteiger partial charge is 0.337 e. The second-order valence-corrected chi connectivity index (χ2v) is 4.48. The summed E-state index contributed by atoms with van der Waals surface area (Å²) in [4.78, 5) is 8.20. The molecule has 2 heterocycles. The van der Waals surface area contributed by atoms with Gasteiger partial charge in [-0.3, -0.25) is 0 Å². The van der Waals surface area contributed by atoms with E-state index in [1.165, 1.54) is 10.6 Å². The molecule has 1 aromatic carbocycles. The second-order valence-electron chi connectivity index (χ2n) is 4.21. The smallest absolute Gasteiger partial charge is 0.246 e. The van der Waals surface area contributed by atoms with Crippen molar-refractivity contribution >= 4 is 22.6 Å². The summed E-state index contributed by atoms with van der Waals surface area (Å²) in [6.45, 7) is 1.75. The molecule has 0 saturated carbocycles. The maximum atomic E-state index is 14.0. The van der Waals surface area contributed by atoms with Crippen molar-refractivity contribution in [3.05, 3.63) is 41.3 Å². The first-order valence-corrected chi connectivity index (χ1v) is 6.32. The molecular formula is C12H9ClF2N4O. The highest BCUT2D eigenvalue weighted by Crippen LogP contribution is 2.23. The lowest BCUT2D eigenvalue weighted by atomic mass is 10.3. The van der Waals surface area contributed by atoms with Crippen LogP contribution in [0.15, 0.2) is 16.7 Å². The lowest BCUT2D eigenvalue weighted by molar-refractivity contribution is 0.367. The van der Waals surface area contributed by atoms with E-state index in [1.54, 1.807) is 6.92 Å². The third-order valence-electron chi connectivity index (χ3n) is 2.86. The van der Waals surface area contributed by atoms with Crippen molar-refractivity contribution in [2.24, 2.45) is 0 Å². The van der Waals surface area contributed by atoms with Crippen LogP contribution in [0.5, 0.6) is 0 Å². The molecule has 0 aliphatic carbocycles. The fraction of sp³-hybridized carbons (Fsp3) is 0.250. The van der Waals surface area contributed by atoms with Gasteiger partial charge in [-0.15, -0.1) is 11.6 Å². The minimum absolute atomic E-state index is 0.0384. The van der Waals surface area contributed by atoms with Crippen molar-refractivity contribution in [3.8, 4) is 0 Å². The van der Waals surface area contributed by atoms with Gasteiger partial charge in [0.2, 0.25) is 5.89 Å². The fourth-order valence-electron chi connectivity index (χ4n) is 2.02. The van der Waals surface area contributed by atoms with Crippen LogP contribution < -0.4 is 0 Å². The first-order valence-electron chi connectivity index (χ1n) is 5.78. The van der Waals surface area contributed by atoms with Crippen molar-refractivity contribution < 1.29 is 13.3 Å². The molecule has 0 amide bonds. The Morgan fingerprint density at radius 3 is 2.75 bits per heavy atom. The Bertz CT molecular complexity index is 783. The summed E-state index contributed by atoms with van der Waals surface area (Å²) >= 11 is 5.80. The molecule has 0 spiro atoms. The molecule has 0 atom stereocenters. The van der Waals surface area contributed by atoms with Crippen LogP contribution in [-0.4, -0.2) is 19.7 Å². The lowest BCUT2D eigenvalue weighted by Gasteiger charge is -2.05. The number of aromatic nitrogens is 4. The van der Waals surface area contributed by atoms with E-state index in [-0.39, 0.29) is 23.8 Å². The van der Waals surface area contributed by atoms with Crippen LogP contribution in [-0.2, 0) is 12.4 Å².